The summed E-state index contributed by atoms with van der Waals surface area (Å²) in [6.45, 7) is 1.21. The molecule has 2 N–H and O–H groups in total. The molecule has 0 spiro atoms. The molecule has 3 rings (SSSR count). The Morgan fingerprint density at radius 3 is 2.03 bits per heavy atom. The van der Waals surface area contributed by atoms with Crippen molar-refractivity contribution in [3.05, 3.63) is 108 Å². The number of carboxylic acids is 2. The Balaban J connectivity index is 1.41. The van der Waals surface area contributed by atoms with Gasteiger partial charge in [0.25, 0.3) is 0 Å². The zero-order valence-corrected chi connectivity index (χ0v) is 22.3. The molecular weight excluding hydrogens is 492 g/mol. The maximum Gasteiger partial charge on any atom is 0.335 e. The van der Waals surface area contributed by atoms with E-state index in [4.69, 9.17) is 19.7 Å². The summed E-state index contributed by atoms with van der Waals surface area (Å²) in [7, 11) is 0. The molecule has 0 bridgehead atoms. The van der Waals surface area contributed by atoms with Gasteiger partial charge in [-0.3, -0.25) is 4.79 Å². The summed E-state index contributed by atoms with van der Waals surface area (Å²) in [4.78, 5) is 22.0. The molecule has 1 unspecified atom stereocenters. The third-order valence-corrected chi connectivity index (χ3v) is 6.41. The predicted molar refractivity (Wildman–Crippen MR) is 153 cm³/mol. The molecule has 0 saturated heterocycles. The van der Waals surface area contributed by atoms with E-state index in [1.807, 2.05) is 54.6 Å². The van der Waals surface area contributed by atoms with Crippen LogP contribution in [-0.2, 0) is 17.6 Å². The fourth-order valence-electron chi connectivity index (χ4n) is 4.28. The van der Waals surface area contributed by atoms with Crippen LogP contribution in [0.5, 0.6) is 11.5 Å². The first kappa shape index (κ1) is 29.5. The van der Waals surface area contributed by atoms with Crippen molar-refractivity contribution in [2.75, 3.05) is 13.2 Å². The number of carbonyl (C=O) groups is 2. The minimum atomic E-state index is -0.931. The molecule has 6 heteroatoms. The zero-order valence-electron chi connectivity index (χ0n) is 22.3. The van der Waals surface area contributed by atoms with Gasteiger partial charge in [0.2, 0.25) is 0 Å². The smallest absolute Gasteiger partial charge is 0.335 e. The summed E-state index contributed by atoms with van der Waals surface area (Å²) in [5, 5.41) is 18.0. The Morgan fingerprint density at radius 2 is 1.38 bits per heavy atom. The number of aryl methyl sites for hydroxylation is 1. The van der Waals surface area contributed by atoms with Crippen molar-refractivity contribution in [3.63, 3.8) is 0 Å². The van der Waals surface area contributed by atoms with Crippen molar-refractivity contribution in [2.24, 2.45) is 5.92 Å². The summed E-state index contributed by atoms with van der Waals surface area (Å²) < 4.78 is 11.5. The van der Waals surface area contributed by atoms with E-state index in [-0.39, 0.29) is 17.9 Å². The molecule has 3 aromatic rings. The Bertz CT molecular complexity index is 1150. The molecule has 0 saturated carbocycles. The van der Waals surface area contributed by atoms with E-state index in [2.05, 4.69) is 24.3 Å². The first-order chi connectivity index (χ1) is 19.0. The van der Waals surface area contributed by atoms with Gasteiger partial charge in [0.05, 0.1) is 18.8 Å². The Kier molecular flexibility index (Phi) is 12.6. The van der Waals surface area contributed by atoms with Crippen molar-refractivity contribution < 1.29 is 29.3 Å². The van der Waals surface area contributed by atoms with E-state index in [1.165, 1.54) is 5.56 Å². The van der Waals surface area contributed by atoms with Crippen molar-refractivity contribution in [3.8, 4) is 11.5 Å². The number of benzene rings is 3. The van der Waals surface area contributed by atoms with Crippen LogP contribution in [0, 0.1) is 5.92 Å². The lowest BCUT2D eigenvalue weighted by Crippen LogP contribution is -2.05. The molecule has 0 aromatic heterocycles. The topological polar surface area (TPSA) is 93.1 Å². The number of unbranched alkanes of at least 4 members (excludes halogenated alkanes) is 1. The fourth-order valence-corrected chi connectivity index (χ4v) is 4.28. The highest BCUT2D eigenvalue weighted by Crippen LogP contribution is 2.20. The van der Waals surface area contributed by atoms with Crippen LogP contribution in [0.15, 0.2) is 91.0 Å². The normalized spacial score (nSPS) is 11.8. The average Bonchev–Trinajstić information content (AvgIpc) is 2.94. The summed E-state index contributed by atoms with van der Waals surface area (Å²) in [6, 6.07) is 25.0. The molecule has 1 atom stereocenters. The van der Waals surface area contributed by atoms with Crippen LogP contribution >= 0.6 is 0 Å². The van der Waals surface area contributed by atoms with Gasteiger partial charge in [-0.05, 0) is 85.5 Å². The molecule has 0 aliphatic carbocycles. The highest BCUT2D eigenvalue weighted by atomic mass is 16.5. The predicted octanol–water partition coefficient (Wildman–Crippen LogP) is 7.23. The summed E-state index contributed by atoms with van der Waals surface area (Å²) >= 11 is 0. The number of hydrogen-bond acceptors (Lipinski definition) is 4. The molecule has 0 heterocycles. The maximum absolute atomic E-state index is 11.1. The van der Waals surface area contributed by atoms with E-state index in [9.17, 15) is 9.59 Å². The third kappa shape index (κ3) is 11.9. The van der Waals surface area contributed by atoms with Crippen LogP contribution in [0.4, 0.5) is 0 Å². The highest BCUT2D eigenvalue weighted by Gasteiger charge is 2.09. The maximum atomic E-state index is 11.1. The number of rotatable bonds is 18. The van der Waals surface area contributed by atoms with Crippen LogP contribution in [0.3, 0.4) is 0 Å². The SMILES string of the molecule is O=C(O)CCCCC(C=CCCc1ccc(OCCCOc2ccccc2)cc1)Cc1ccc(C(=O)O)cc1. The lowest BCUT2D eigenvalue weighted by Gasteiger charge is -2.13. The molecule has 6 nitrogen and oxygen atoms in total. The number of carboxylic acid groups (broad SMARTS) is 2. The van der Waals surface area contributed by atoms with Gasteiger partial charge in [0.1, 0.15) is 11.5 Å². The van der Waals surface area contributed by atoms with Crippen molar-refractivity contribution in [1.29, 1.82) is 0 Å². The average molecular weight is 531 g/mol. The first-order valence-corrected chi connectivity index (χ1v) is 13.6. The number of aromatic carboxylic acids is 1. The lowest BCUT2D eigenvalue weighted by atomic mass is 9.92. The van der Waals surface area contributed by atoms with E-state index in [1.54, 1.807) is 12.1 Å². The van der Waals surface area contributed by atoms with Crippen LogP contribution in [0.1, 0.15) is 60.0 Å². The van der Waals surface area contributed by atoms with Crippen molar-refractivity contribution in [2.45, 2.75) is 51.4 Å². The standard InChI is InChI=1S/C33H38O6/c34-32(35)14-7-6-11-27(25-28-15-19-29(20-16-28)33(36)37)10-5-4-9-26-17-21-31(22-18-26)39-24-8-23-38-30-12-2-1-3-13-30/h1-3,5,10,12-13,15-22,27H,4,6-9,11,14,23-25H2,(H,34,35)(H,36,37). The molecule has 3 aromatic carbocycles. The van der Waals surface area contributed by atoms with E-state index in [0.717, 1.165) is 55.6 Å². The zero-order chi connectivity index (χ0) is 27.7. The summed E-state index contributed by atoms with van der Waals surface area (Å²) in [6.07, 6.45) is 10.4. The first-order valence-electron chi connectivity index (χ1n) is 13.6. The van der Waals surface area contributed by atoms with E-state index in [0.29, 0.717) is 19.6 Å². The molecule has 0 radical (unpaired) electrons. The number of para-hydroxylation sites is 1. The van der Waals surface area contributed by atoms with E-state index >= 15 is 0 Å². The van der Waals surface area contributed by atoms with Crippen molar-refractivity contribution >= 4 is 11.9 Å². The van der Waals surface area contributed by atoms with Crippen LogP contribution < -0.4 is 9.47 Å². The number of allylic oxidation sites excluding steroid dienone is 2. The van der Waals surface area contributed by atoms with Crippen LogP contribution in [0.25, 0.3) is 0 Å². The Labute approximate surface area is 230 Å². The van der Waals surface area contributed by atoms with Crippen LogP contribution in [-0.4, -0.2) is 35.4 Å². The monoisotopic (exact) mass is 530 g/mol. The highest BCUT2D eigenvalue weighted by molar-refractivity contribution is 5.87. The van der Waals surface area contributed by atoms with Gasteiger partial charge in [-0.15, -0.1) is 0 Å². The largest absolute Gasteiger partial charge is 0.493 e. The molecular formula is C33H38O6. The van der Waals surface area contributed by atoms with Gasteiger partial charge < -0.3 is 19.7 Å². The molecule has 39 heavy (non-hydrogen) atoms. The van der Waals surface area contributed by atoms with Gasteiger partial charge in [-0.2, -0.15) is 0 Å². The Morgan fingerprint density at radius 1 is 0.744 bits per heavy atom. The van der Waals surface area contributed by atoms with Gasteiger partial charge in [0, 0.05) is 12.8 Å². The lowest BCUT2D eigenvalue weighted by molar-refractivity contribution is -0.137. The van der Waals surface area contributed by atoms with Crippen LogP contribution in [0.2, 0.25) is 0 Å². The summed E-state index contributed by atoms with van der Waals surface area (Å²) in [5.41, 5.74) is 2.59. The number of hydrogen-bond donors (Lipinski definition) is 2. The van der Waals surface area contributed by atoms with Crippen molar-refractivity contribution in [1.82, 2.24) is 0 Å². The fraction of sp³-hybridized carbons (Fsp3) is 0.333. The van der Waals surface area contributed by atoms with Gasteiger partial charge >= 0.3 is 11.9 Å². The second kappa shape index (κ2) is 16.7. The summed E-state index contributed by atoms with van der Waals surface area (Å²) in [5.74, 6) is 0.301. The quantitative estimate of drug-likeness (QED) is 0.133. The molecule has 206 valence electrons. The molecule has 0 fully saturated rings. The number of aliphatic carboxylic acids is 1. The Hall–Kier alpha value is -4.06. The van der Waals surface area contributed by atoms with Gasteiger partial charge in [-0.1, -0.05) is 61.0 Å². The molecule has 0 aliphatic rings. The molecule has 0 amide bonds. The van der Waals surface area contributed by atoms with E-state index < -0.39 is 11.9 Å². The minimum Gasteiger partial charge on any atom is -0.493 e. The van der Waals surface area contributed by atoms with Gasteiger partial charge in [-0.25, -0.2) is 4.79 Å². The second-order valence-electron chi connectivity index (χ2n) is 9.58. The number of ether oxygens (including phenoxy) is 2. The minimum absolute atomic E-state index is 0.185. The van der Waals surface area contributed by atoms with Gasteiger partial charge in [0.15, 0.2) is 0 Å². The molecule has 0 aliphatic heterocycles. The third-order valence-electron chi connectivity index (χ3n) is 6.41. The second-order valence-corrected chi connectivity index (χ2v) is 9.58.